The molecule has 0 aliphatic rings. The summed E-state index contributed by atoms with van der Waals surface area (Å²) in [6.45, 7) is -0.172. The number of carbonyl (C=O) groups is 1. The highest BCUT2D eigenvalue weighted by molar-refractivity contribution is 6.33. The second kappa shape index (κ2) is 7.73. The van der Waals surface area contributed by atoms with Crippen molar-refractivity contribution in [2.24, 2.45) is 7.05 Å². The van der Waals surface area contributed by atoms with Gasteiger partial charge in [0.25, 0.3) is 5.56 Å². The van der Waals surface area contributed by atoms with E-state index >= 15 is 0 Å². The molecule has 2 aromatic heterocycles. The minimum Gasteiger partial charge on any atom is -0.344 e. The number of aromatic nitrogens is 3. The van der Waals surface area contributed by atoms with E-state index < -0.39 is 0 Å². The van der Waals surface area contributed by atoms with Crippen molar-refractivity contribution in [1.29, 1.82) is 0 Å². The van der Waals surface area contributed by atoms with Gasteiger partial charge in [-0.25, -0.2) is 4.98 Å². The summed E-state index contributed by atoms with van der Waals surface area (Å²) in [5.74, 6) is -0.367. The fourth-order valence-corrected chi connectivity index (χ4v) is 3.48. The third kappa shape index (κ3) is 3.77. The Hall–Kier alpha value is -3.09. The van der Waals surface area contributed by atoms with Crippen molar-refractivity contribution in [3.8, 4) is 11.1 Å². The number of rotatable bonds is 4. The van der Waals surface area contributed by atoms with Crippen LogP contribution in [0.25, 0.3) is 22.2 Å². The number of amides is 1. The van der Waals surface area contributed by atoms with Crippen LogP contribution in [0.15, 0.2) is 65.8 Å². The average molecular weight is 427 g/mol. The molecule has 1 N–H and O–H groups in total. The molecule has 0 spiro atoms. The average Bonchev–Trinajstić information content (AvgIpc) is 3.03. The molecule has 0 unspecified atom stereocenters. The van der Waals surface area contributed by atoms with Gasteiger partial charge in [-0.3, -0.25) is 14.2 Å². The van der Waals surface area contributed by atoms with Crippen molar-refractivity contribution in [1.82, 2.24) is 14.1 Å². The van der Waals surface area contributed by atoms with Crippen LogP contribution >= 0.6 is 23.2 Å². The quantitative estimate of drug-likeness (QED) is 0.527. The number of hydrogen-bond acceptors (Lipinski definition) is 3. The number of aryl methyl sites for hydroxylation is 1. The predicted octanol–water partition coefficient (Wildman–Crippen LogP) is 4.35. The number of nitrogens with one attached hydrogen (secondary N) is 1. The number of carbonyl (C=O) groups excluding carboxylic acids is 1. The maximum Gasteiger partial charge on any atom is 0.278 e. The lowest BCUT2D eigenvalue weighted by Gasteiger charge is -2.09. The van der Waals surface area contributed by atoms with E-state index in [0.29, 0.717) is 26.8 Å². The van der Waals surface area contributed by atoms with Gasteiger partial charge in [0.1, 0.15) is 17.6 Å². The van der Waals surface area contributed by atoms with Crippen LogP contribution in [-0.4, -0.2) is 20.0 Å². The molecule has 0 saturated carbocycles. The van der Waals surface area contributed by atoms with Crippen molar-refractivity contribution in [3.63, 3.8) is 0 Å². The van der Waals surface area contributed by atoms with E-state index in [4.69, 9.17) is 23.2 Å². The number of fused-ring (bicyclic) bond motifs is 1. The van der Waals surface area contributed by atoms with Gasteiger partial charge in [0.05, 0.1) is 17.0 Å². The summed E-state index contributed by atoms with van der Waals surface area (Å²) in [4.78, 5) is 29.8. The minimum atomic E-state index is -0.367. The molecule has 29 heavy (non-hydrogen) atoms. The molecule has 4 rings (SSSR count). The smallest absolute Gasteiger partial charge is 0.278 e. The first-order valence-electron chi connectivity index (χ1n) is 8.79. The zero-order chi connectivity index (χ0) is 20.5. The largest absolute Gasteiger partial charge is 0.344 e. The standard InChI is InChI=1S/C21H16Cl2N4O2/c1-26-10-15(13-6-8-14(22)9-7-13)19-20(26)21(29)27(12-24-19)11-18(28)25-17-5-3-2-4-16(17)23/h2-10,12H,11H2,1H3,(H,25,28). The van der Waals surface area contributed by atoms with E-state index in [-0.39, 0.29) is 18.0 Å². The topological polar surface area (TPSA) is 68.9 Å². The summed E-state index contributed by atoms with van der Waals surface area (Å²) >= 11 is 12.0. The summed E-state index contributed by atoms with van der Waals surface area (Å²) in [5.41, 5.74) is 2.91. The molecule has 2 heterocycles. The summed E-state index contributed by atoms with van der Waals surface area (Å²) in [6, 6.07) is 14.2. The van der Waals surface area contributed by atoms with Crippen molar-refractivity contribution in [3.05, 3.63) is 81.5 Å². The Kier molecular flexibility index (Phi) is 5.13. The van der Waals surface area contributed by atoms with Crippen LogP contribution in [0.3, 0.4) is 0 Å². The Balaban J connectivity index is 1.67. The van der Waals surface area contributed by atoms with Crippen molar-refractivity contribution < 1.29 is 4.79 Å². The summed E-state index contributed by atoms with van der Waals surface area (Å²) < 4.78 is 3.00. The van der Waals surface area contributed by atoms with Crippen LogP contribution in [-0.2, 0) is 18.4 Å². The van der Waals surface area contributed by atoms with Crippen molar-refractivity contribution in [2.45, 2.75) is 6.54 Å². The van der Waals surface area contributed by atoms with E-state index in [1.165, 1.54) is 10.9 Å². The molecular weight excluding hydrogens is 411 g/mol. The summed E-state index contributed by atoms with van der Waals surface area (Å²) in [7, 11) is 1.78. The molecule has 0 fully saturated rings. The van der Waals surface area contributed by atoms with Crippen LogP contribution in [0.4, 0.5) is 5.69 Å². The molecule has 2 aromatic carbocycles. The van der Waals surface area contributed by atoms with Crippen molar-refractivity contribution in [2.75, 3.05) is 5.32 Å². The van der Waals surface area contributed by atoms with Gasteiger partial charge < -0.3 is 9.88 Å². The maximum absolute atomic E-state index is 13.0. The van der Waals surface area contributed by atoms with Crippen molar-refractivity contribution >= 4 is 45.8 Å². The van der Waals surface area contributed by atoms with Crippen LogP contribution in [0, 0.1) is 0 Å². The Morgan fingerprint density at radius 1 is 1.10 bits per heavy atom. The molecule has 6 nitrogen and oxygen atoms in total. The second-order valence-corrected chi connectivity index (χ2v) is 7.41. The predicted molar refractivity (Wildman–Crippen MR) is 116 cm³/mol. The van der Waals surface area contributed by atoms with Gasteiger partial charge in [0, 0.05) is 23.8 Å². The number of anilines is 1. The van der Waals surface area contributed by atoms with E-state index in [9.17, 15) is 9.59 Å². The Labute approximate surface area is 176 Å². The molecule has 0 aliphatic carbocycles. The minimum absolute atomic E-state index is 0.172. The van der Waals surface area contributed by atoms with E-state index in [1.807, 2.05) is 18.3 Å². The Morgan fingerprint density at radius 2 is 1.83 bits per heavy atom. The Morgan fingerprint density at radius 3 is 2.55 bits per heavy atom. The summed E-state index contributed by atoms with van der Waals surface area (Å²) in [6.07, 6.45) is 3.23. The first-order valence-corrected chi connectivity index (χ1v) is 9.54. The molecule has 1 amide bonds. The first kappa shape index (κ1) is 19.2. The van der Waals surface area contributed by atoms with Gasteiger partial charge in [-0.05, 0) is 29.8 Å². The van der Waals surface area contributed by atoms with E-state index in [1.54, 1.807) is 48.0 Å². The number of benzene rings is 2. The zero-order valence-electron chi connectivity index (χ0n) is 15.4. The van der Waals surface area contributed by atoms with Gasteiger partial charge in [-0.1, -0.05) is 47.5 Å². The van der Waals surface area contributed by atoms with Gasteiger partial charge in [-0.15, -0.1) is 0 Å². The SMILES string of the molecule is Cn1cc(-c2ccc(Cl)cc2)c2ncn(CC(=O)Nc3ccccc3Cl)c(=O)c21. The third-order valence-electron chi connectivity index (χ3n) is 4.56. The molecule has 0 aliphatic heterocycles. The molecule has 0 saturated heterocycles. The third-order valence-corrected chi connectivity index (χ3v) is 5.14. The molecule has 0 bridgehead atoms. The number of halogens is 2. The second-order valence-electron chi connectivity index (χ2n) is 6.56. The van der Waals surface area contributed by atoms with Gasteiger partial charge in [0.15, 0.2) is 0 Å². The lowest BCUT2D eigenvalue weighted by Crippen LogP contribution is -2.28. The number of hydrogen-bond donors (Lipinski definition) is 1. The number of para-hydroxylation sites is 1. The molecule has 146 valence electrons. The van der Waals surface area contributed by atoms with Crippen LogP contribution in [0.1, 0.15) is 0 Å². The molecule has 4 aromatic rings. The van der Waals surface area contributed by atoms with Crippen LogP contribution < -0.4 is 10.9 Å². The number of nitrogens with zero attached hydrogens (tertiary/aromatic N) is 3. The van der Waals surface area contributed by atoms with Crippen LogP contribution in [0.5, 0.6) is 0 Å². The molecule has 0 atom stereocenters. The fraction of sp³-hybridized carbons (Fsp3) is 0.0952. The lowest BCUT2D eigenvalue weighted by atomic mass is 10.1. The fourth-order valence-electron chi connectivity index (χ4n) is 3.17. The highest BCUT2D eigenvalue weighted by atomic mass is 35.5. The monoisotopic (exact) mass is 426 g/mol. The maximum atomic E-state index is 13.0. The highest BCUT2D eigenvalue weighted by Crippen LogP contribution is 2.28. The Bertz CT molecular complexity index is 1280. The van der Waals surface area contributed by atoms with Gasteiger partial charge in [-0.2, -0.15) is 0 Å². The van der Waals surface area contributed by atoms with E-state index in [2.05, 4.69) is 10.3 Å². The van der Waals surface area contributed by atoms with E-state index in [0.717, 1.165) is 11.1 Å². The first-order chi connectivity index (χ1) is 13.9. The lowest BCUT2D eigenvalue weighted by molar-refractivity contribution is -0.116. The molecule has 8 heteroatoms. The molecule has 0 radical (unpaired) electrons. The van der Waals surface area contributed by atoms with Crippen LogP contribution in [0.2, 0.25) is 10.0 Å². The molecular formula is C21H16Cl2N4O2. The zero-order valence-corrected chi connectivity index (χ0v) is 16.9. The normalized spacial score (nSPS) is 11.0. The highest BCUT2D eigenvalue weighted by Gasteiger charge is 2.16. The van der Waals surface area contributed by atoms with Gasteiger partial charge >= 0.3 is 0 Å². The summed E-state index contributed by atoms with van der Waals surface area (Å²) in [5, 5.41) is 3.77. The van der Waals surface area contributed by atoms with Gasteiger partial charge in [0.2, 0.25) is 5.91 Å².